The molecule has 168 valence electrons. The summed E-state index contributed by atoms with van der Waals surface area (Å²) in [5.41, 5.74) is 2.37. The van der Waals surface area contributed by atoms with Crippen LogP contribution in [0.3, 0.4) is 0 Å². The highest BCUT2D eigenvalue weighted by Crippen LogP contribution is 2.26. The van der Waals surface area contributed by atoms with E-state index in [-0.39, 0.29) is 16.4 Å². The number of rotatable bonds is 7. The standard InChI is InChI=1S/C24H32N2O4S/c1-4-19-9-11-20(12-10-19)18(2)25-31(28,29)21-13-14-23(30-3)22(17-21)24(27)26-15-7-5-6-8-16-26/h9-14,17-18,25H,4-8,15-16H2,1-3H3/t18-/m1/s1. The smallest absolute Gasteiger partial charge is 0.257 e. The minimum Gasteiger partial charge on any atom is -0.496 e. The molecule has 2 aromatic carbocycles. The number of sulfonamides is 1. The first-order valence-electron chi connectivity index (χ1n) is 10.9. The molecule has 1 aliphatic rings. The largest absolute Gasteiger partial charge is 0.496 e. The molecule has 1 atom stereocenters. The van der Waals surface area contributed by atoms with Crippen LogP contribution in [0.25, 0.3) is 0 Å². The van der Waals surface area contributed by atoms with Crippen molar-refractivity contribution in [1.29, 1.82) is 0 Å². The molecule has 0 radical (unpaired) electrons. The molecular weight excluding hydrogens is 412 g/mol. The van der Waals surface area contributed by atoms with Crippen molar-refractivity contribution >= 4 is 15.9 Å². The third kappa shape index (κ3) is 5.66. The highest BCUT2D eigenvalue weighted by Gasteiger charge is 2.25. The number of aryl methyl sites for hydroxylation is 1. The highest BCUT2D eigenvalue weighted by molar-refractivity contribution is 7.89. The Hall–Kier alpha value is -2.38. The first-order chi connectivity index (χ1) is 14.9. The number of ether oxygens (including phenoxy) is 1. The van der Waals surface area contributed by atoms with Gasteiger partial charge in [-0.25, -0.2) is 13.1 Å². The number of amides is 1. The van der Waals surface area contributed by atoms with E-state index in [9.17, 15) is 13.2 Å². The van der Waals surface area contributed by atoms with Gasteiger partial charge in [0.05, 0.1) is 17.6 Å². The molecule has 1 amide bonds. The number of hydrogen-bond acceptors (Lipinski definition) is 4. The SMILES string of the molecule is CCc1ccc([C@@H](C)NS(=O)(=O)c2ccc(OC)c(C(=O)N3CCCCCC3)c2)cc1. The highest BCUT2D eigenvalue weighted by atomic mass is 32.2. The number of carbonyl (C=O) groups is 1. The third-order valence-corrected chi connectivity index (χ3v) is 7.36. The lowest BCUT2D eigenvalue weighted by Crippen LogP contribution is -2.32. The van der Waals surface area contributed by atoms with E-state index >= 15 is 0 Å². The van der Waals surface area contributed by atoms with Crippen LogP contribution in [0.5, 0.6) is 5.75 Å². The second-order valence-electron chi connectivity index (χ2n) is 8.01. The number of likely N-dealkylation sites (tertiary alicyclic amines) is 1. The van der Waals surface area contributed by atoms with E-state index in [1.807, 2.05) is 31.2 Å². The third-order valence-electron chi connectivity index (χ3n) is 5.82. The van der Waals surface area contributed by atoms with Gasteiger partial charge in [0.1, 0.15) is 5.75 Å². The van der Waals surface area contributed by atoms with Crippen molar-refractivity contribution in [2.24, 2.45) is 0 Å². The van der Waals surface area contributed by atoms with Gasteiger partial charge >= 0.3 is 0 Å². The van der Waals surface area contributed by atoms with Crippen LogP contribution in [0, 0.1) is 0 Å². The second kappa shape index (κ2) is 10.3. The molecule has 0 saturated carbocycles. The van der Waals surface area contributed by atoms with E-state index in [1.165, 1.54) is 24.8 Å². The molecule has 31 heavy (non-hydrogen) atoms. The fraction of sp³-hybridized carbons (Fsp3) is 0.458. The Kier molecular flexibility index (Phi) is 7.73. The second-order valence-corrected chi connectivity index (χ2v) is 9.72. The van der Waals surface area contributed by atoms with Gasteiger partial charge in [0, 0.05) is 19.1 Å². The molecule has 0 aliphatic carbocycles. The summed E-state index contributed by atoms with van der Waals surface area (Å²) in [6, 6.07) is 12.0. The molecule has 0 unspecified atom stereocenters. The van der Waals surface area contributed by atoms with Crippen LogP contribution < -0.4 is 9.46 Å². The predicted molar refractivity (Wildman–Crippen MR) is 122 cm³/mol. The minimum absolute atomic E-state index is 0.0588. The zero-order valence-corrected chi connectivity index (χ0v) is 19.4. The molecule has 7 heteroatoms. The number of methoxy groups -OCH3 is 1. The minimum atomic E-state index is -3.82. The Balaban J connectivity index is 1.85. The molecule has 1 aliphatic heterocycles. The van der Waals surface area contributed by atoms with Gasteiger partial charge in [-0.3, -0.25) is 4.79 Å². The Morgan fingerprint density at radius 1 is 1.06 bits per heavy atom. The lowest BCUT2D eigenvalue weighted by atomic mass is 10.1. The van der Waals surface area contributed by atoms with Crippen LogP contribution >= 0.6 is 0 Å². The van der Waals surface area contributed by atoms with Crippen molar-refractivity contribution in [1.82, 2.24) is 9.62 Å². The van der Waals surface area contributed by atoms with E-state index in [4.69, 9.17) is 4.74 Å². The van der Waals surface area contributed by atoms with Gasteiger partial charge in [-0.2, -0.15) is 0 Å². The summed E-state index contributed by atoms with van der Waals surface area (Å²) < 4.78 is 34.2. The van der Waals surface area contributed by atoms with Gasteiger partial charge < -0.3 is 9.64 Å². The molecule has 0 bridgehead atoms. The van der Waals surface area contributed by atoms with E-state index in [0.717, 1.165) is 37.7 Å². The zero-order valence-electron chi connectivity index (χ0n) is 18.6. The first kappa shape index (κ1) is 23.3. The van der Waals surface area contributed by atoms with E-state index in [0.29, 0.717) is 18.8 Å². The number of nitrogens with one attached hydrogen (secondary N) is 1. The molecule has 1 saturated heterocycles. The van der Waals surface area contributed by atoms with Gasteiger partial charge in [0.15, 0.2) is 0 Å². The fourth-order valence-electron chi connectivity index (χ4n) is 3.88. The Bertz CT molecular complexity index is 995. The quantitative estimate of drug-likeness (QED) is 0.690. The van der Waals surface area contributed by atoms with Crippen LogP contribution in [0.4, 0.5) is 0 Å². The van der Waals surface area contributed by atoms with E-state index in [2.05, 4.69) is 11.6 Å². The van der Waals surface area contributed by atoms with Crippen LogP contribution in [-0.2, 0) is 16.4 Å². The summed E-state index contributed by atoms with van der Waals surface area (Å²) in [6.07, 6.45) is 5.07. The summed E-state index contributed by atoms with van der Waals surface area (Å²) in [6.45, 7) is 5.25. The Morgan fingerprint density at radius 2 is 1.71 bits per heavy atom. The maximum absolute atomic E-state index is 13.1. The van der Waals surface area contributed by atoms with Gasteiger partial charge in [-0.05, 0) is 55.5 Å². The summed E-state index contributed by atoms with van der Waals surface area (Å²) in [5, 5.41) is 0. The van der Waals surface area contributed by atoms with Crippen LogP contribution in [-0.4, -0.2) is 39.4 Å². The van der Waals surface area contributed by atoms with Gasteiger partial charge in [-0.15, -0.1) is 0 Å². The summed E-state index contributed by atoms with van der Waals surface area (Å²) in [7, 11) is -2.33. The Morgan fingerprint density at radius 3 is 2.29 bits per heavy atom. The molecule has 6 nitrogen and oxygen atoms in total. The first-order valence-corrected chi connectivity index (χ1v) is 12.4. The molecular formula is C24H32N2O4S. The zero-order chi connectivity index (χ0) is 22.4. The lowest BCUT2D eigenvalue weighted by Gasteiger charge is -2.22. The summed E-state index contributed by atoms with van der Waals surface area (Å²) in [4.78, 5) is 15.0. The van der Waals surface area contributed by atoms with Gasteiger partial charge in [-0.1, -0.05) is 44.0 Å². The van der Waals surface area contributed by atoms with Gasteiger partial charge in [0.25, 0.3) is 5.91 Å². The maximum Gasteiger partial charge on any atom is 0.257 e. The van der Waals surface area contributed by atoms with Crippen molar-refractivity contribution < 1.29 is 17.9 Å². The summed E-state index contributed by atoms with van der Waals surface area (Å²) in [5.74, 6) is 0.204. The average molecular weight is 445 g/mol. The molecule has 1 heterocycles. The van der Waals surface area contributed by atoms with E-state index in [1.54, 1.807) is 11.0 Å². The molecule has 0 spiro atoms. The number of carbonyl (C=O) groups excluding carboxylic acids is 1. The average Bonchev–Trinajstić information content (AvgIpc) is 3.07. The molecule has 3 rings (SSSR count). The normalized spacial score (nSPS) is 15.9. The van der Waals surface area contributed by atoms with Crippen molar-refractivity contribution in [3.63, 3.8) is 0 Å². The van der Waals surface area contributed by atoms with Crippen molar-refractivity contribution in [3.8, 4) is 5.75 Å². The van der Waals surface area contributed by atoms with Crippen molar-refractivity contribution in [3.05, 3.63) is 59.2 Å². The number of nitrogens with zero attached hydrogens (tertiary/aromatic N) is 1. The van der Waals surface area contributed by atoms with Crippen molar-refractivity contribution in [2.75, 3.05) is 20.2 Å². The predicted octanol–water partition coefficient (Wildman–Crippen LogP) is 4.31. The van der Waals surface area contributed by atoms with Crippen LogP contribution in [0.2, 0.25) is 0 Å². The Labute approximate surface area is 185 Å². The molecule has 2 aromatic rings. The monoisotopic (exact) mass is 444 g/mol. The van der Waals surface area contributed by atoms with Crippen LogP contribution in [0.15, 0.2) is 47.4 Å². The van der Waals surface area contributed by atoms with Gasteiger partial charge in [0.2, 0.25) is 10.0 Å². The fourth-order valence-corrected chi connectivity index (χ4v) is 5.13. The number of benzene rings is 2. The molecule has 1 N–H and O–H groups in total. The lowest BCUT2D eigenvalue weighted by molar-refractivity contribution is 0.0758. The topological polar surface area (TPSA) is 75.7 Å². The summed E-state index contributed by atoms with van der Waals surface area (Å²) >= 11 is 0. The van der Waals surface area contributed by atoms with Crippen LogP contribution in [0.1, 0.15) is 67.1 Å². The number of hydrogen-bond donors (Lipinski definition) is 1. The molecule has 0 aromatic heterocycles. The van der Waals surface area contributed by atoms with Crippen molar-refractivity contribution in [2.45, 2.75) is 56.9 Å². The van der Waals surface area contributed by atoms with E-state index < -0.39 is 16.1 Å². The molecule has 1 fully saturated rings. The maximum atomic E-state index is 13.1.